The third-order valence-corrected chi connectivity index (χ3v) is 3.09. The Balaban J connectivity index is 2.72. The lowest BCUT2D eigenvalue weighted by molar-refractivity contribution is -0.385. The van der Waals surface area contributed by atoms with Crippen molar-refractivity contribution in [1.29, 1.82) is 0 Å². The van der Waals surface area contributed by atoms with Crippen LogP contribution < -0.4 is 5.32 Å². The lowest BCUT2D eigenvalue weighted by Gasteiger charge is -2.10. The fraction of sp³-hybridized carbons (Fsp3) is 0.417. The van der Waals surface area contributed by atoms with Gasteiger partial charge < -0.3 is 10.1 Å². The Labute approximate surface area is 119 Å². The first-order chi connectivity index (χ1) is 8.95. The number of nitrogens with one attached hydrogen (secondary N) is 1. The maximum atomic E-state index is 11.8. The van der Waals surface area contributed by atoms with Crippen LogP contribution in [-0.4, -0.2) is 35.9 Å². The van der Waals surface area contributed by atoms with Crippen molar-refractivity contribution < 1.29 is 14.5 Å². The predicted octanol–water partition coefficient (Wildman–Crippen LogP) is 2.04. The summed E-state index contributed by atoms with van der Waals surface area (Å²) >= 11 is 3.34. The number of hydrogen-bond donors (Lipinski definition) is 1. The molecule has 19 heavy (non-hydrogen) atoms. The molecular formula is C12H15BrN2O4. The number of aryl methyl sites for hydroxylation is 1. The monoisotopic (exact) mass is 330 g/mol. The molecule has 0 spiro atoms. The first kappa shape index (κ1) is 15.6. The molecule has 1 aromatic carbocycles. The summed E-state index contributed by atoms with van der Waals surface area (Å²) in [4.78, 5) is 22.1. The van der Waals surface area contributed by atoms with Crippen LogP contribution in [0.4, 0.5) is 5.69 Å². The second-order valence-corrected chi connectivity index (χ2v) is 5.32. The molecule has 104 valence electrons. The predicted molar refractivity (Wildman–Crippen MR) is 74.8 cm³/mol. The van der Waals surface area contributed by atoms with Gasteiger partial charge in [0.2, 0.25) is 0 Å². The Morgan fingerprint density at radius 1 is 1.58 bits per heavy atom. The smallest absolute Gasteiger partial charge is 0.273 e. The van der Waals surface area contributed by atoms with E-state index < -0.39 is 4.92 Å². The molecule has 0 saturated heterocycles. The van der Waals surface area contributed by atoms with Crippen LogP contribution >= 0.6 is 15.9 Å². The van der Waals surface area contributed by atoms with E-state index in [1.807, 2.05) is 0 Å². The standard InChI is InChI=1S/C12H15BrN2O4/c1-8-3-4-9(5-11(8)15(17)18)12(16)14-6-10(13)7-19-2/h3-5,10H,6-7H2,1-2H3,(H,14,16). The Kier molecular flexibility index (Phi) is 5.91. The van der Waals surface area contributed by atoms with Gasteiger partial charge in [-0.3, -0.25) is 14.9 Å². The van der Waals surface area contributed by atoms with Crippen molar-refractivity contribution in [3.05, 3.63) is 39.4 Å². The summed E-state index contributed by atoms with van der Waals surface area (Å²) in [6.07, 6.45) is 0. The average molecular weight is 331 g/mol. The fourth-order valence-corrected chi connectivity index (χ4v) is 1.92. The molecule has 0 fully saturated rings. The van der Waals surface area contributed by atoms with Crippen LogP contribution in [0.5, 0.6) is 0 Å². The van der Waals surface area contributed by atoms with Crippen LogP contribution in [0, 0.1) is 17.0 Å². The maximum absolute atomic E-state index is 11.8. The maximum Gasteiger partial charge on any atom is 0.273 e. The second kappa shape index (κ2) is 7.20. The summed E-state index contributed by atoms with van der Waals surface area (Å²) in [6.45, 7) is 2.48. The molecule has 1 atom stereocenters. The van der Waals surface area contributed by atoms with Gasteiger partial charge in [-0.1, -0.05) is 22.0 Å². The summed E-state index contributed by atoms with van der Waals surface area (Å²) in [7, 11) is 1.57. The minimum atomic E-state index is -0.496. The van der Waals surface area contributed by atoms with Gasteiger partial charge in [-0.25, -0.2) is 0 Å². The molecule has 1 aromatic rings. The van der Waals surface area contributed by atoms with Gasteiger partial charge in [0.1, 0.15) is 0 Å². The van der Waals surface area contributed by atoms with Crippen molar-refractivity contribution in [3.63, 3.8) is 0 Å². The van der Waals surface area contributed by atoms with Gasteiger partial charge in [-0.2, -0.15) is 0 Å². The molecule has 7 heteroatoms. The Morgan fingerprint density at radius 3 is 2.84 bits per heavy atom. The van der Waals surface area contributed by atoms with Crippen LogP contribution in [0.25, 0.3) is 0 Å². The van der Waals surface area contributed by atoms with Gasteiger partial charge in [0.15, 0.2) is 0 Å². The van der Waals surface area contributed by atoms with Crippen molar-refractivity contribution in [1.82, 2.24) is 5.32 Å². The number of nitro groups is 1. The van der Waals surface area contributed by atoms with Crippen molar-refractivity contribution >= 4 is 27.5 Å². The van der Waals surface area contributed by atoms with E-state index in [-0.39, 0.29) is 22.0 Å². The average Bonchev–Trinajstić information content (AvgIpc) is 2.36. The van der Waals surface area contributed by atoms with Gasteiger partial charge in [0.05, 0.1) is 16.4 Å². The highest BCUT2D eigenvalue weighted by Gasteiger charge is 2.15. The summed E-state index contributed by atoms with van der Waals surface area (Å²) in [5.41, 5.74) is 0.744. The number of methoxy groups -OCH3 is 1. The number of benzene rings is 1. The number of rotatable bonds is 6. The summed E-state index contributed by atoms with van der Waals surface area (Å²) in [5, 5.41) is 13.5. The number of ether oxygens (including phenoxy) is 1. The topological polar surface area (TPSA) is 81.5 Å². The molecule has 0 heterocycles. The zero-order valence-corrected chi connectivity index (χ0v) is 12.3. The number of nitro benzene ring substituents is 1. The summed E-state index contributed by atoms with van der Waals surface area (Å²) in [5.74, 6) is -0.344. The van der Waals surface area contributed by atoms with Crippen LogP contribution in [-0.2, 0) is 4.74 Å². The van der Waals surface area contributed by atoms with Crippen molar-refractivity contribution in [3.8, 4) is 0 Å². The molecule has 1 N–H and O–H groups in total. The molecular weight excluding hydrogens is 316 g/mol. The van der Waals surface area contributed by atoms with Gasteiger partial charge >= 0.3 is 0 Å². The van der Waals surface area contributed by atoms with E-state index in [0.29, 0.717) is 18.7 Å². The van der Waals surface area contributed by atoms with Gasteiger partial charge in [-0.15, -0.1) is 0 Å². The first-order valence-electron chi connectivity index (χ1n) is 5.62. The number of alkyl halides is 1. The molecule has 0 saturated carbocycles. The van der Waals surface area contributed by atoms with Gasteiger partial charge in [0, 0.05) is 30.8 Å². The number of carbonyl (C=O) groups excluding carboxylic acids is 1. The molecule has 0 aliphatic heterocycles. The lowest BCUT2D eigenvalue weighted by Crippen LogP contribution is -2.31. The van der Waals surface area contributed by atoms with E-state index in [4.69, 9.17) is 4.74 Å². The molecule has 0 radical (unpaired) electrons. The number of hydrogen-bond acceptors (Lipinski definition) is 4. The number of amides is 1. The quantitative estimate of drug-likeness (QED) is 0.491. The van der Waals surface area contributed by atoms with Crippen LogP contribution in [0.3, 0.4) is 0 Å². The summed E-state index contributed by atoms with van der Waals surface area (Å²) in [6, 6.07) is 4.41. The minimum absolute atomic E-state index is 0.00174. The molecule has 6 nitrogen and oxygen atoms in total. The Bertz CT molecular complexity index is 479. The molecule has 1 amide bonds. The van der Waals surface area contributed by atoms with Crippen molar-refractivity contribution in [2.24, 2.45) is 0 Å². The van der Waals surface area contributed by atoms with Crippen molar-refractivity contribution in [2.75, 3.05) is 20.3 Å². The van der Waals surface area contributed by atoms with E-state index in [0.717, 1.165) is 0 Å². The highest BCUT2D eigenvalue weighted by molar-refractivity contribution is 9.09. The zero-order valence-electron chi connectivity index (χ0n) is 10.7. The van der Waals surface area contributed by atoms with Crippen molar-refractivity contribution in [2.45, 2.75) is 11.8 Å². The fourth-order valence-electron chi connectivity index (χ4n) is 1.49. The molecule has 1 unspecified atom stereocenters. The van der Waals surface area contributed by atoms with E-state index in [2.05, 4.69) is 21.2 Å². The molecule has 0 aromatic heterocycles. The minimum Gasteiger partial charge on any atom is -0.383 e. The van der Waals surface area contributed by atoms with E-state index in [1.54, 1.807) is 26.2 Å². The van der Waals surface area contributed by atoms with Gasteiger partial charge in [-0.05, 0) is 13.0 Å². The Hall–Kier alpha value is -1.47. The van der Waals surface area contributed by atoms with E-state index in [9.17, 15) is 14.9 Å². The molecule has 0 aliphatic carbocycles. The molecule has 1 rings (SSSR count). The number of carbonyl (C=O) groups is 1. The summed E-state index contributed by atoms with van der Waals surface area (Å²) < 4.78 is 4.92. The van der Waals surface area contributed by atoms with E-state index in [1.165, 1.54) is 6.07 Å². The largest absolute Gasteiger partial charge is 0.383 e. The van der Waals surface area contributed by atoms with Gasteiger partial charge in [0.25, 0.3) is 11.6 Å². The van der Waals surface area contributed by atoms with Crippen LogP contribution in [0.15, 0.2) is 18.2 Å². The zero-order chi connectivity index (χ0) is 14.4. The van der Waals surface area contributed by atoms with Crippen LogP contribution in [0.2, 0.25) is 0 Å². The highest BCUT2D eigenvalue weighted by atomic mass is 79.9. The third kappa shape index (κ3) is 4.60. The number of halogens is 1. The number of nitrogens with zero attached hydrogens (tertiary/aromatic N) is 1. The first-order valence-corrected chi connectivity index (χ1v) is 6.53. The van der Waals surface area contributed by atoms with E-state index >= 15 is 0 Å². The molecule has 0 aliphatic rings. The SMILES string of the molecule is COCC(Br)CNC(=O)c1ccc(C)c([N+](=O)[O-])c1. The molecule has 0 bridgehead atoms. The third-order valence-electron chi connectivity index (χ3n) is 2.50. The lowest BCUT2D eigenvalue weighted by atomic mass is 10.1. The van der Waals surface area contributed by atoms with Crippen LogP contribution in [0.1, 0.15) is 15.9 Å². The second-order valence-electron chi connectivity index (χ2n) is 4.02. The highest BCUT2D eigenvalue weighted by Crippen LogP contribution is 2.19. The normalized spacial score (nSPS) is 11.9. The Morgan fingerprint density at radius 2 is 2.26 bits per heavy atom.